The molecule has 1 rings (SSSR count). The molecule has 0 heterocycles. The van der Waals surface area contributed by atoms with Gasteiger partial charge in [0.2, 0.25) is 0 Å². The standard InChI is InChI=1S/C11H15ClO3S/c1-9(2)16(13,14)8-7-15-11-6-4-3-5-10(11)12/h3-6,9H,7-8H2,1-2H3. The fraction of sp³-hybridized carbons (Fsp3) is 0.455. The van der Waals surface area contributed by atoms with Crippen LogP contribution >= 0.6 is 11.6 Å². The predicted octanol–water partition coefficient (Wildman–Crippen LogP) is 2.54. The molecule has 0 atom stereocenters. The maximum Gasteiger partial charge on any atom is 0.155 e. The minimum atomic E-state index is -3.05. The van der Waals surface area contributed by atoms with Crippen molar-refractivity contribution in [1.82, 2.24) is 0 Å². The van der Waals surface area contributed by atoms with Gasteiger partial charge in [0.25, 0.3) is 0 Å². The minimum absolute atomic E-state index is 0.00981. The predicted molar refractivity (Wildman–Crippen MR) is 65.9 cm³/mol. The Labute approximate surface area is 101 Å². The van der Waals surface area contributed by atoms with E-state index in [1.54, 1.807) is 38.1 Å². The molecular weight excluding hydrogens is 248 g/mol. The maximum absolute atomic E-state index is 11.5. The molecule has 0 saturated carbocycles. The van der Waals surface area contributed by atoms with Gasteiger partial charge in [-0.25, -0.2) is 8.42 Å². The van der Waals surface area contributed by atoms with Crippen molar-refractivity contribution >= 4 is 21.4 Å². The van der Waals surface area contributed by atoms with E-state index in [4.69, 9.17) is 16.3 Å². The van der Waals surface area contributed by atoms with Gasteiger partial charge in [-0.1, -0.05) is 23.7 Å². The fourth-order valence-corrected chi connectivity index (χ4v) is 2.04. The summed E-state index contributed by atoms with van der Waals surface area (Å²) in [5.74, 6) is 0.527. The van der Waals surface area contributed by atoms with Crippen LogP contribution in [0.1, 0.15) is 13.8 Å². The normalized spacial score (nSPS) is 11.8. The summed E-state index contributed by atoms with van der Waals surface area (Å²) in [7, 11) is -3.05. The van der Waals surface area contributed by atoms with Crippen LogP contribution in [0, 0.1) is 0 Å². The third-order valence-corrected chi connectivity index (χ3v) is 4.66. The number of rotatable bonds is 5. The molecule has 0 aliphatic rings. The van der Waals surface area contributed by atoms with Crippen LogP contribution in [0.2, 0.25) is 5.02 Å². The van der Waals surface area contributed by atoms with Crippen molar-refractivity contribution in [2.24, 2.45) is 0 Å². The van der Waals surface area contributed by atoms with E-state index in [1.807, 2.05) is 0 Å². The third kappa shape index (κ3) is 3.68. The molecule has 1 aromatic rings. The molecule has 0 N–H and O–H groups in total. The van der Waals surface area contributed by atoms with Crippen molar-refractivity contribution in [3.05, 3.63) is 29.3 Å². The zero-order valence-electron chi connectivity index (χ0n) is 9.31. The van der Waals surface area contributed by atoms with Crippen LogP contribution in [-0.2, 0) is 9.84 Å². The Bertz CT molecular complexity index is 440. The number of sulfone groups is 1. The SMILES string of the molecule is CC(C)S(=O)(=O)CCOc1ccccc1Cl. The van der Waals surface area contributed by atoms with E-state index in [2.05, 4.69) is 0 Å². The molecule has 1 aromatic carbocycles. The van der Waals surface area contributed by atoms with Crippen LogP contribution in [0.15, 0.2) is 24.3 Å². The van der Waals surface area contributed by atoms with E-state index in [1.165, 1.54) is 0 Å². The summed E-state index contributed by atoms with van der Waals surface area (Å²) < 4.78 is 28.3. The molecule has 90 valence electrons. The second-order valence-electron chi connectivity index (χ2n) is 3.69. The summed E-state index contributed by atoms with van der Waals surface area (Å²) in [4.78, 5) is 0. The van der Waals surface area contributed by atoms with Gasteiger partial charge >= 0.3 is 0 Å². The molecule has 16 heavy (non-hydrogen) atoms. The maximum atomic E-state index is 11.5. The van der Waals surface area contributed by atoms with Crippen molar-refractivity contribution in [2.45, 2.75) is 19.1 Å². The van der Waals surface area contributed by atoms with Crippen molar-refractivity contribution in [3.63, 3.8) is 0 Å². The minimum Gasteiger partial charge on any atom is -0.491 e. The number of benzene rings is 1. The summed E-state index contributed by atoms with van der Waals surface area (Å²) in [6, 6.07) is 7.00. The average Bonchev–Trinajstić information content (AvgIpc) is 2.20. The molecule has 0 spiro atoms. The van der Waals surface area contributed by atoms with Crippen molar-refractivity contribution in [3.8, 4) is 5.75 Å². The lowest BCUT2D eigenvalue weighted by Gasteiger charge is -2.10. The average molecular weight is 263 g/mol. The number of hydrogen-bond acceptors (Lipinski definition) is 3. The summed E-state index contributed by atoms with van der Waals surface area (Å²) in [6.07, 6.45) is 0. The van der Waals surface area contributed by atoms with Crippen LogP contribution in [0.4, 0.5) is 0 Å². The molecule has 3 nitrogen and oxygen atoms in total. The molecular formula is C11H15ClO3S. The smallest absolute Gasteiger partial charge is 0.155 e. The Morgan fingerprint density at radius 2 is 1.94 bits per heavy atom. The molecule has 0 saturated heterocycles. The lowest BCUT2D eigenvalue weighted by Crippen LogP contribution is -2.22. The Balaban J connectivity index is 2.52. The zero-order chi connectivity index (χ0) is 12.2. The number of halogens is 1. The van der Waals surface area contributed by atoms with Crippen LogP contribution < -0.4 is 4.74 Å². The molecule has 0 fully saturated rings. The number of hydrogen-bond donors (Lipinski definition) is 0. The summed E-state index contributed by atoms with van der Waals surface area (Å²) >= 11 is 5.86. The van der Waals surface area contributed by atoms with Gasteiger partial charge in [0.15, 0.2) is 9.84 Å². The lowest BCUT2D eigenvalue weighted by atomic mass is 10.3. The summed E-state index contributed by atoms with van der Waals surface area (Å²) in [5.41, 5.74) is 0. The van der Waals surface area contributed by atoms with E-state index >= 15 is 0 Å². The van der Waals surface area contributed by atoms with Gasteiger partial charge in [0, 0.05) is 0 Å². The van der Waals surface area contributed by atoms with E-state index in [0.29, 0.717) is 10.8 Å². The Hall–Kier alpha value is -0.740. The second kappa shape index (κ2) is 5.55. The number of ether oxygens (including phenoxy) is 1. The Morgan fingerprint density at radius 3 is 2.50 bits per heavy atom. The first-order chi connectivity index (χ1) is 7.43. The van der Waals surface area contributed by atoms with E-state index < -0.39 is 9.84 Å². The molecule has 0 radical (unpaired) electrons. The molecule has 0 aliphatic carbocycles. The van der Waals surface area contributed by atoms with Crippen molar-refractivity contribution in [2.75, 3.05) is 12.4 Å². The monoisotopic (exact) mass is 262 g/mol. The summed E-state index contributed by atoms with van der Waals surface area (Å²) in [5, 5.41) is 0.117. The molecule has 0 unspecified atom stereocenters. The van der Waals surface area contributed by atoms with Crippen molar-refractivity contribution in [1.29, 1.82) is 0 Å². The first-order valence-corrected chi connectivity index (χ1v) is 7.11. The van der Waals surface area contributed by atoms with Gasteiger partial charge in [-0.15, -0.1) is 0 Å². The molecule has 5 heteroatoms. The largest absolute Gasteiger partial charge is 0.491 e. The van der Waals surface area contributed by atoms with Crippen LogP contribution in [0.25, 0.3) is 0 Å². The highest BCUT2D eigenvalue weighted by Crippen LogP contribution is 2.22. The van der Waals surface area contributed by atoms with Crippen LogP contribution in [0.3, 0.4) is 0 Å². The van der Waals surface area contributed by atoms with Gasteiger partial charge in [-0.3, -0.25) is 0 Å². The van der Waals surface area contributed by atoms with Gasteiger partial charge in [-0.2, -0.15) is 0 Å². The first-order valence-electron chi connectivity index (χ1n) is 5.02. The first kappa shape index (κ1) is 13.3. The van der Waals surface area contributed by atoms with Gasteiger partial charge in [0.1, 0.15) is 12.4 Å². The number of para-hydroxylation sites is 1. The highest BCUT2D eigenvalue weighted by molar-refractivity contribution is 7.91. The molecule has 0 amide bonds. The van der Waals surface area contributed by atoms with E-state index in [9.17, 15) is 8.42 Å². The summed E-state index contributed by atoms with van der Waals surface area (Å²) in [6.45, 7) is 3.44. The zero-order valence-corrected chi connectivity index (χ0v) is 10.9. The van der Waals surface area contributed by atoms with E-state index in [0.717, 1.165) is 0 Å². The van der Waals surface area contributed by atoms with Crippen molar-refractivity contribution < 1.29 is 13.2 Å². The van der Waals surface area contributed by atoms with E-state index in [-0.39, 0.29) is 17.6 Å². The topological polar surface area (TPSA) is 43.4 Å². The fourth-order valence-electron chi connectivity index (χ4n) is 1.07. The second-order valence-corrected chi connectivity index (χ2v) is 6.78. The third-order valence-electron chi connectivity index (χ3n) is 2.18. The molecule has 0 aromatic heterocycles. The van der Waals surface area contributed by atoms with Gasteiger partial charge < -0.3 is 4.74 Å². The quantitative estimate of drug-likeness (QED) is 0.819. The Kier molecular flexibility index (Phi) is 4.62. The van der Waals surface area contributed by atoms with Gasteiger partial charge in [0.05, 0.1) is 16.0 Å². The Morgan fingerprint density at radius 1 is 1.31 bits per heavy atom. The highest BCUT2D eigenvalue weighted by Gasteiger charge is 2.15. The highest BCUT2D eigenvalue weighted by atomic mass is 35.5. The van der Waals surface area contributed by atoms with Crippen LogP contribution in [-0.4, -0.2) is 26.0 Å². The van der Waals surface area contributed by atoms with Crippen LogP contribution in [0.5, 0.6) is 5.75 Å². The lowest BCUT2D eigenvalue weighted by molar-refractivity contribution is 0.340. The van der Waals surface area contributed by atoms with Gasteiger partial charge in [-0.05, 0) is 26.0 Å². The molecule has 0 aliphatic heterocycles. The molecule has 0 bridgehead atoms.